The van der Waals surface area contributed by atoms with Crippen molar-refractivity contribution in [3.63, 3.8) is 0 Å². The quantitative estimate of drug-likeness (QED) is 0.745. The third-order valence-electron chi connectivity index (χ3n) is 3.15. The van der Waals surface area contributed by atoms with E-state index in [1.54, 1.807) is 4.90 Å². The minimum atomic E-state index is -0.222. The van der Waals surface area contributed by atoms with Gasteiger partial charge in [-0.25, -0.2) is 4.79 Å². The maximum absolute atomic E-state index is 11.5. The van der Waals surface area contributed by atoms with Crippen LogP contribution in [-0.4, -0.2) is 54.7 Å². The fraction of sp³-hybridized carbons (Fsp3) is 0.833. The lowest BCUT2D eigenvalue weighted by Gasteiger charge is -2.37. The van der Waals surface area contributed by atoms with Gasteiger partial charge in [-0.1, -0.05) is 6.92 Å². The average molecular weight is 239 g/mol. The van der Waals surface area contributed by atoms with Gasteiger partial charge in [-0.15, -0.1) is 0 Å². The van der Waals surface area contributed by atoms with Crippen molar-refractivity contribution < 1.29 is 9.53 Å². The zero-order valence-corrected chi connectivity index (χ0v) is 10.7. The number of piperazine rings is 1. The van der Waals surface area contributed by atoms with Crippen LogP contribution in [0.2, 0.25) is 0 Å². The van der Waals surface area contributed by atoms with Crippen LogP contribution in [0.15, 0.2) is 0 Å². The van der Waals surface area contributed by atoms with Gasteiger partial charge in [0.05, 0.1) is 19.1 Å². The number of nitrogens with zero attached hydrogens (tertiary/aromatic N) is 3. The standard InChI is InChI=1S/C12H21N3O2/c1-3-11(5-6-13)14-7-9-15(10-8-14)12(16)17-4-2/h11H,3-5,7-10H2,1-2H3. The molecule has 0 aromatic carbocycles. The summed E-state index contributed by atoms with van der Waals surface area (Å²) in [4.78, 5) is 15.5. The van der Waals surface area contributed by atoms with Crippen molar-refractivity contribution in [2.75, 3.05) is 32.8 Å². The molecule has 1 amide bonds. The Bertz CT molecular complexity index is 280. The van der Waals surface area contributed by atoms with Gasteiger partial charge >= 0.3 is 6.09 Å². The highest BCUT2D eigenvalue weighted by Gasteiger charge is 2.25. The summed E-state index contributed by atoms with van der Waals surface area (Å²) in [7, 11) is 0. The predicted octanol–water partition coefficient (Wildman–Crippen LogP) is 1.45. The lowest BCUT2D eigenvalue weighted by molar-refractivity contribution is 0.0658. The SMILES string of the molecule is CCOC(=O)N1CCN(C(CC)CC#N)CC1. The second-order valence-electron chi connectivity index (χ2n) is 4.15. The van der Waals surface area contributed by atoms with E-state index >= 15 is 0 Å². The summed E-state index contributed by atoms with van der Waals surface area (Å²) in [5.74, 6) is 0. The molecule has 0 saturated carbocycles. The van der Waals surface area contributed by atoms with Crippen LogP contribution < -0.4 is 0 Å². The van der Waals surface area contributed by atoms with Crippen LogP contribution in [0.3, 0.4) is 0 Å². The Morgan fingerprint density at radius 2 is 2.00 bits per heavy atom. The van der Waals surface area contributed by atoms with Gasteiger partial charge in [0.1, 0.15) is 0 Å². The molecule has 1 aliphatic heterocycles. The van der Waals surface area contributed by atoms with Crippen LogP contribution in [0.4, 0.5) is 4.79 Å². The fourth-order valence-electron chi connectivity index (χ4n) is 2.12. The topological polar surface area (TPSA) is 56.6 Å². The van der Waals surface area contributed by atoms with E-state index < -0.39 is 0 Å². The Balaban J connectivity index is 2.39. The second kappa shape index (κ2) is 7.13. The first-order valence-electron chi connectivity index (χ1n) is 6.25. The molecule has 96 valence electrons. The first-order chi connectivity index (χ1) is 8.22. The molecule has 0 aromatic rings. The van der Waals surface area contributed by atoms with Crippen LogP contribution in [-0.2, 0) is 4.74 Å². The molecule has 1 heterocycles. The summed E-state index contributed by atoms with van der Waals surface area (Å²) in [5.41, 5.74) is 0. The lowest BCUT2D eigenvalue weighted by Crippen LogP contribution is -2.51. The van der Waals surface area contributed by atoms with Crippen LogP contribution in [0, 0.1) is 11.3 Å². The van der Waals surface area contributed by atoms with Gasteiger partial charge in [-0.05, 0) is 13.3 Å². The van der Waals surface area contributed by atoms with E-state index in [2.05, 4.69) is 17.9 Å². The highest BCUT2D eigenvalue weighted by molar-refractivity contribution is 5.67. The van der Waals surface area contributed by atoms with E-state index in [-0.39, 0.29) is 6.09 Å². The van der Waals surface area contributed by atoms with Gasteiger partial charge in [0.15, 0.2) is 0 Å². The van der Waals surface area contributed by atoms with Crippen molar-refractivity contribution in [1.82, 2.24) is 9.80 Å². The van der Waals surface area contributed by atoms with Gasteiger partial charge in [-0.3, -0.25) is 4.90 Å². The summed E-state index contributed by atoms with van der Waals surface area (Å²) in [5, 5.41) is 8.75. The molecule has 5 heteroatoms. The Kier molecular flexibility index (Phi) is 5.78. The maximum atomic E-state index is 11.5. The number of carbonyl (C=O) groups excluding carboxylic acids is 1. The Morgan fingerprint density at radius 1 is 1.35 bits per heavy atom. The van der Waals surface area contributed by atoms with Gasteiger partial charge < -0.3 is 9.64 Å². The number of carbonyl (C=O) groups is 1. The Morgan fingerprint density at radius 3 is 2.47 bits per heavy atom. The summed E-state index contributed by atoms with van der Waals surface area (Å²) >= 11 is 0. The molecule has 1 atom stereocenters. The molecule has 0 aliphatic carbocycles. The molecule has 0 aromatic heterocycles. The minimum absolute atomic E-state index is 0.222. The van der Waals surface area contributed by atoms with Crippen molar-refractivity contribution in [1.29, 1.82) is 5.26 Å². The third-order valence-corrected chi connectivity index (χ3v) is 3.15. The zero-order chi connectivity index (χ0) is 12.7. The minimum Gasteiger partial charge on any atom is -0.450 e. The molecule has 17 heavy (non-hydrogen) atoms. The van der Waals surface area contributed by atoms with Crippen molar-refractivity contribution in [3.8, 4) is 6.07 Å². The molecular formula is C12H21N3O2. The van der Waals surface area contributed by atoms with Crippen molar-refractivity contribution in [2.45, 2.75) is 32.7 Å². The number of ether oxygens (including phenoxy) is 1. The van der Waals surface area contributed by atoms with Crippen LogP contribution in [0.25, 0.3) is 0 Å². The van der Waals surface area contributed by atoms with Gasteiger partial charge in [0, 0.05) is 32.2 Å². The number of nitriles is 1. The summed E-state index contributed by atoms with van der Waals surface area (Å²) in [6.45, 7) is 7.39. The van der Waals surface area contributed by atoms with E-state index in [0.717, 1.165) is 19.5 Å². The first kappa shape index (κ1) is 13.8. The molecule has 1 unspecified atom stereocenters. The van der Waals surface area contributed by atoms with Crippen molar-refractivity contribution in [3.05, 3.63) is 0 Å². The zero-order valence-electron chi connectivity index (χ0n) is 10.7. The molecule has 1 aliphatic rings. The van der Waals surface area contributed by atoms with Gasteiger partial charge in [-0.2, -0.15) is 5.26 Å². The number of rotatable bonds is 4. The van der Waals surface area contributed by atoms with Crippen molar-refractivity contribution in [2.24, 2.45) is 0 Å². The Hall–Kier alpha value is -1.28. The second-order valence-corrected chi connectivity index (χ2v) is 4.15. The largest absolute Gasteiger partial charge is 0.450 e. The molecule has 1 fully saturated rings. The molecule has 0 N–H and O–H groups in total. The van der Waals surface area contributed by atoms with E-state index in [4.69, 9.17) is 10.00 Å². The maximum Gasteiger partial charge on any atom is 0.409 e. The molecule has 5 nitrogen and oxygen atoms in total. The molecule has 0 radical (unpaired) electrons. The molecule has 1 saturated heterocycles. The summed E-state index contributed by atoms with van der Waals surface area (Å²) in [6.07, 6.45) is 1.32. The summed E-state index contributed by atoms with van der Waals surface area (Å²) in [6, 6.07) is 2.55. The van der Waals surface area contributed by atoms with E-state index in [9.17, 15) is 4.79 Å². The molecule has 0 spiro atoms. The van der Waals surface area contributed by atoms with Gasteiger partial charge in [0.2, 0.25) is 0 Å². The highest BCUT2D eigenvalue weighted by atomic mass is 16.6. The molecular weight excluding hydrogens is 218 g/mol. The van der Waals surface area contributed by atoms with E-state index in [1.807, 2.05) is 6.92 Å². The number of hydrogen-bond acceptors (Lipinski definition) is 4. The predicted molar refractivity (Wildman–Crippen MR) is 64.5 cm³/mol. The van der Waals surface area contributed by atoms with Crippen molar-refractivity contribution >= 4 is 6.09 Å². The lowest BCUT2D eigenvalue weighted by atomic mass is 10.1. The third kappa shape index (κ3) is 3.90. The van der Waals surface area contributed by atoms with Crippen LogP contribution >= 0.6 is 0 Å². The highest BCUT2D eigenvalue weighted by Crippen LogP contribution is 2.12. The van der Waals surface area contributed by atoms with Crippen LogP contribution in [0.5, 0.6) is 0 Å². The monoisotopic (exact) mass is 239 g/mol. The van der Waals surface area contributed by atoms with E-state index in [0.29, 0.717) is 32.2 Å². The Labute approximate surface area is 103 Å². The average Bonchev–Trinajstić information content (AvgIpc) is 2.36. The molecule has 0 bridgehead atoms. The number of amides is 1. The number of hydrogen-bond donors (Lipinski definition) is 0. The van der Waals surface area contributed by atoms with Crippen LogP contribution in [0.1, 0.15) is 26.7 Å². The van der Waals surface area contributed by atoms with E-state index in [1.165, 1.54) is 0 Å². The molecule has 1 rings (SSSR count). The normalized spacial score (nSPS) is 18.5. The summed E-state index contributed by atoms with van der Waals surface area (Å²) < 4.78 is 4.97. The van der Waals surface area contributed by atoms with Gasteiger partial charge in [0.25, 0.3) is 0 Å². The smallest absolute Gasteiger partial charge is 0.409 e. The first-order valence-corrected chi connectivity index (χ1v) is 6.25. The fourth-order valence-corrected chi connectivity index (χ4v) is 2.12.